The molecule has 0 spiro atoms. The second kappa shape index (κ2) is 7.57. The van der Waals surface area contributed by atoms with E-state index >= 15 is 0 Å². The van der Waals surface area contributed by atoms with Crippen LogP contribution >= 0.6 is 11.8 Å². The Morgan fingerprint density at radius 2 is 2.04 bits per heavy atom. The van der Waals surface area contributed by atoms with Crippen molar-refractivity contribution >= 4 is 23.4 Å². The molecule has 1 amide bonds. The number of amides is 1. The Morgan fingerprint density at radius 3 is 2.81 bits per heavy atom. The van der Waals surface area contributed by atoms with E-state index in [9.17, 15) is 9.18 Å². The Hall–Kier alpha value is -2.87. The molecule has 8 heteroatoms. The van der Waals surface area contributed by atoms with Crippen molar-refractivity contribution in [3.63, 3.8) is 0 Å². The van der Waals surface area contributed by atoms with Crippen LogP contribution in [-0.2, 0) is 4.79 Å². The lowest BCUT2D eigenvalue weighted by atomic mass is 10.1. The smallest absolute Gasteiger partial charge is 0.234 e. The third-order valence-corrected chi connectivity index (χ3v) is 4.69. The van der Waals surface area contributed by atoms with Gasteiger partial charge in [-0.15, -0.1) is 10.2 Å². The number of nitrogen functional groups attached to an aromatic ring is 1. The monoisotopic (exact) mass is 371 g/mol. The second-order valence-corrected chi connectivity index (χ2v) is 6.78. The molecule has 0 aliphatic carbocycles. The molecule has 134 valence electrons. The van der Waals surface area contributed by atoms with E-state index in [-0.39, 0.29) is 17.5 Å². The summed E-state index contributed by atoms with van der Waals surface area (Å²) in [6.45, 7) is 3.90. The summed E-state index contributed by atoms with van der Waals surface area (Å²) in [6, 6.07) is 11.8. The van der Waals surface area contributed by atoms with Crippen LogP contribution in [0.1, 0.15) is 11.1 Å². The van der Waals surface area contributed by atoms with E-state index in [2.05, 4.69) is 15.5 Å². The first-order chi connectivity index (χ1) is 12.4. The van der Waals surface area contributed by atoms with E-state index in [0.29, 0.717) is 16.5 Å². The molecular weight excluding hydrogens is 353 g/mol. The molecule has 3 rings (SSSR count). The number of carbonyl (C=O) groups is 1. The molecule has 0 radical (unpaired) electrons. The van der Waals surface area contributed by atoms with Crippen molar-refractivity contribution in [2.45, 2.75) is 19.0 Å². The van der Waals surface area contributed by atoms with Crippen LogP contribution in [0, 0.1) is 19.7 Å². The molecule has 26 heavy (non-hydrogen) atoms. The predicted octanol–water partition coefficient (Wildman–Crippen LogP) is 3.15. The van der Waals surface area contributed by atoms with Gasteiger partial charge in [0.15, 0.2) is 5.82 Å². The van der Waals surface area contributed by atoms with Gasteiger partial charge in [-0.1, -0.05) is 36.0 Å². The molecular formula is C18H18FN5OS. The van der Waals surface area contributed by atoms with Gasteiger partial charge in [-0.05, 0) is 43.2 Å². The van der Waals surface area contributed by atoms with Crippen molar-refractivity contribution in [3.05, 3.63) is 59.4 Å². The molecule has 6 nitrogen and oxygen atoms in total. The highest BCUT2D eigenvalue weighted by atomic mass is 32.2. The van der Waals surface area contributed by atoms with Crippen LogP contribution in [0.25, 0.3) is 11.4 Å². The van der Waals surface area contributed by atoms with Crippen LogP contribution in [-0.4, -0.2) is 26.5 Å². The first kappa shape index (κ1) is 17.9. The van der Waals surface area contributed by atoms with E-state index < -0.39 is 0 Å². The summed E-state index contributed by atoms with van der Waals surface area (Å²) in [4.78, 5) is 12.2. The highest BCUT2D eigenvalue weighted by Gasteiger charge is 2.14. The van der Waals surface area contributed by atoms with Gasteiger partial charge in [0.2, 0.25) is 11.1 Å². The molecule has 3 N–H and O–H groups in total. The normalized spacial score (nSPS) is 10.7. The second-order valence-electron chi connectivity index (χ2n) is 5.84. The zero-order valence-corrected chi connectivity index (χ0v) is 15.2. The molecule has 0 bridgehead atoms. The van der Waals surface area contributed by atoms with Gasteiger partial charge < -0.3 is 11.2 Å². The van der Waals surface area contributed by atoms with Crippen LogP contribution in [0.4, 0.5) is 10.1 Å². The lowest BCUT2D eigenvalue weighted by Gasteiger charge is -2.09. The average molecular weight is 371 g/mol. The van der Waals surface area contributed by atoms with Crippen LogP contribution in [0.2, 0.25) is 0 Å². The zero-order chi connectivity index (χ0) is 18.7. The van der Waals surface area contributed by atoms with Gasteiger partial charge in [0.25, 0.3) is 0 Å². The van der Waals surface area contributed by atoms with Crippen molar-refractivity contribution in [2.24, 2.45) is 0 Å². The zero-order valence-electron chi connectivity index (χ0n) is 14.4. The Labute approximate surface area is 154 Å². The summed E-state index contributed by atoms with van der Waals surface area (Å²) in [5.41, 5.74) is 3.36. The first-order valence-electron chi connectivity index (χ1n) is 7.90. The molecule has 0 aliphatic heterocycles. The fourth-order valence-corrected chi connectivity index (χ4v) is 3.04. The number of rotatable bonds is 5. The van der Waals surface area contributed by atoms with Crippen LogP contribution < -0.4 is 11.2 Å². The standard InChI is InChI=1S/C18H18FN5OS/c1-11-6-7-12(2)15(8-11)21-16(25)10-26-18-23-22-17(24(18)20)13-4-3-5-14(19)9-13/h3-9H,10,20H2,1-2H3,(H,21,25). The van der Waals surface area contributed by atoms with Crippen molar-refractivity contribution in [2.75, 3.05) is 16.9 Å². The summed E-state index contributed by atoms with van der Waals surface area (Å²) in [7, 11) is 0. The highest BCUT2D eigenvalue weighted by molar-refractivity contribution is 7.99. The predicted molar refractivity (Wildman–Crippen MR) is 101 cm³/mol. The van der Waals surface area contributed by atoms with Crippen molar-refractivity contribution < 1.29 is 9.18 Å². The van der Waals surface area contributed by atoms with Crippen LogP contribution in [0.5, 0.6) is 0 Å². The van der Waals surface area contributed by atoms with Gasteiger partial charge in [0.05, 0.1) is 5.75 Å². The molecule has 0 saturated carbocycles. The molecule has 0 saturated heterocycles. The fourth-order valence-electron chi connectivity index (χ4n) is 2.39. The summed E-state index contributed by atoms with van der Waals surface area (Å²) in [5.74, 6) is 5.90. The number of benzene rings is 2. The van der Waals surface area contributed by atoms with E-state index in [1.165, 1.54) is 16.8 Å². The van der Waals surface area contributed by atoms with Gasteiger partial charge in [-0.3, -0.25) is 4.79 Å². The van der Waals surface area contributed by atoms with Gasteiger partial charge >= 0.3 is 0 Å². The third-order valence-electron chi connectivity index (χ3n) is 3.75. The van der Waals surface area contributed by atoms with Crippen molar-refractivity contribution in [1.82, 2.24) is 14.9 Å². The minimum absolute atomic E-state index is 0.131. The number of nitrogens with zero attached hydrogens (tertiary/aromatic N) is 3. The number of thioether (sulfide) groups is 1. The number of nitrogens with two attached hydrogens (primary N) is 1. The summed E-state index contributed by atoms with van der Waals surface area (Å²) >= 11 is 1.16. The maximum atomic E-state index is 13.4. The lowest BCUT2D eigenvalue weighted by molar-refractivity contribution is -0.113. The Balaban J connectivity index is 1.67. The van der Waals surface area contributed by atoms with E-state index in [4.69, 9.17) is 5.84 Å². The largest absolute Gasteiger partial charge is 0.335 e. The summed E-state index contributed by atoms with van der Waals surface area (Å²) in [5, 5.41) is 11.2. The maximum Gasteiger partial charge on any atom is 0.234 e. The SMILES string of the molecule is Cc1ccc(C)c(NC(=O)CSc2nnc(-c3cccc(F)c3)n2N)c1. The summed E-state index contributed by atoms with van der Waals surface area (Å²) in [6.07, 6.45) is 0. The van der Waals surface area contributed by atoms with E-state index in [1.54, 1.807) is 12.1 Å². The molecule has 3 aromatic rings. The molecule has 0 unspecified atom stereocenters. The van der Waals surface area contributed by atoms with Crippen LogP contribution in [0.3, 0.4) is 0 Å². The maximum absolute atomic E-state index is 13.4. The average Bonchev–Trinajstić information content (AvgIpc) is 2.97. The fraction of sp³-hybridized carbons (Fsp3) is 0.167. The number of hydrogen-bond acceptors (Lipinski definition) is 5. The number of carbonyl (C=O) groups excluding carboxylic acids is 1. The topological polar surface area (TPSA) is 85.8 Å². The highest BCUT2D eigenvalue weighted by Crippen LogP contribution is 2.23. The molecule has 2 aromatic carbocycles. The molecule has 1 aromatic heterocycles. The van der Waals surface area contributed by atoms with Gasteiger partial charge in [-0.2, -0.15) is 0 Å². The van der Waals surface area contributed by atoms with E-state index in [0.717, 1.165) is 28.6 Å². The minimum atomic E-state index is -0.382. The number of nitrogens with one attached hydrogen (secondary N) is 1. The Kier molecular flexibility index (Phi) is 5.22. The van der Waals surface area contributed by atoms with E-state index in [1.807, 2.05) is 32.0 Å². The Bertz CT molecular complexity index is 957. The molecule has 0 aliphatic rings. The quantitative estimate of drug-likeness (QED) is 0.532. The molecule has 0 atom stereocenters. The summed E-state index contributed by atoms with van der Waals surface area (Å²) < 4.78 is 14.6. The van der Waals surface area contributed by atoms with Crippen molar-refractivity contribution in [3.8, 4) is 11.4 Å². The Morgan fingerprint density at radius 1 is 1.23 bits per heavy atom. The van der Waals surface area contributed by atoms with Gasteiger partial charge in [0, 0.05) is 11.3 Å². The molecule has 0 fully saturated rings. The lowest BCUT2D eigenvalue weighted by Crippen LogP contribution is -2.17. The van der Waals surface area contributed by atoms with Crippen molar-refractivity contribution in [1.29, 1.82) is 0 Å². The van der Waals surface area contributed by atoms with Crippen LogP contribution in [0.15, 0.2) is 47.6 Å². The third kappa shape index (κ3) is 4.02. The first-order valence-corrected chi connectivity index (χ1v) is 8.89. The number of anilines is 1. The minimum Gasteiger partial charge on any atom is -0.335 e. The molecule has 1 heterocycles. The number of aryl methyl sites for hydroxylation is 2. The van der Waals surface area contributed by atoms with Gasteiger partial charge in [0.1, 0.15) is 5.82 Å². The number of halogens is 1. The van der Waals surface area contributed by atoms with Gasteiger partial charge in [-0.25, -0.2) is 9.07 Å². The number of aromatic nitrogens is 3. The number of hydrogen-bond donors (Lipinski definition) is 2.